The first-order chi connectivity index (χ1) is 14.6. The Hall–Kier alpha value is -2.25. The van der Waals surface area contributed by atoms with Crippen LogP contribution in [0.5, 0.6) is 0 Å². The molecule has 1 aromatic carbocycles. The van der Waals surface area contributed by atoms with E-state index in [2.05, 4.69) is 27.7 Å². The van der Waals surface area contributed by atoms with Crippen LogP contribution in [0.15, 0.2) is 18.2 Å². The Balaban J connectivity index is 1.33. The molecule has 0 saturated carbocycles. The molecule has 0 aliphatic carbocycles. The molecule has 0 radical (unpaired) electrons. The number of nitrogens with one attached hydrogen (secondary N) is 2. The normalized spacial score (nSPS) is 29.9. The average molecular weight is 411 g/mol. The molecule has 2 atom stereocenters. The number of hydrogen-bond donors (Lipinski definition) is 2. The zero-order valence-electron chi connectivity index (χ0n) is 17.4. The van der Waals surface area contributed by atoms with Crippen LogP contribution < -0.4 is 10.6 Å². The standard InChI is InChI=1S/C23H30N4O3/c28-20-7-6-19(21(29)25-20)27-14-17-12-16(4-5-18(17)22(27)30)13-26-11-2-1-8-23(26)9-3-10-24-15-23/h4-5,12,19,24H,1-3,6-11,13-15H2,(H,25,28,29). The van der Waals surface area contributed by atoms with E-state index in [1.807, 2.05) is 6.07 Å². The summed E-state index contributed by atoms with van der Waals surface area (Å²) in [6.07, 6.45) is 6.98. The van der Waals surface area contributed by atoms with E-state index in [1.54, 1.807) is 4.90 Å². The number of piperidine rings is 3. The Morgan fingerprint density at radius 2 is 1.97 bits per heavy atom. The second-order valence-corrected chi connectivity index (χ2v) is 9.27. The molecule has 160 valence electrons. The number of fused-ring (bicyclic) bond motifs is 1. The summed E-state index contributed by atoms with van der Waals surface area (Å²) >= 11 is 0. The van der Waals surface area contributed by atoms with Gasteiger partial charge in [0.1, 0.15) is 6.04 Å². The zero-order chi connectivity index (χ0) is 20.7. The molecule has 3 saturated heterocycles. The maximum atomic E-state index is 12.9. The third-order valence-corrected chi connectivity index (χ3v) is 7.40. The van der Waals surface area contributed by atoms with Gasteiger partial charge in [-0.05, 0) is 62.4 Å². The van der Waals surface area contributed by atoms with Crippen LogP contribution in [-0.4, -0.2) is 58.7 Å². The molecule has 30 heavy (non-hydrogen) atoms. The second kappa shape index (κ2) is 7.78. The van der Waals surface area contributed by atoms with Gasteiger partial charge in [0, 0.05) is 37.2 Å². The van der Waals surface area contributed by atoms with Crippen molar-refractivity contribution in [1.82, 2.24) is 20.4 Å². The van der Waals surface area contributed by atoms with Crippen molar-refractivity contribution in [1.29, 1.82) is 0 Å². The largest absolute Gasteiger partial charge is 0.322 e. The maximum Gasteiger partial charge on any atom is 0.255 e. The molecular weight excluding hydrogens is 380 g/mol. The van der Waals surface area contributed by atoms with Gasteiger partial charge in [-0.1, -0.05) is 18.6 Å². The van der Waals surface area contributed by atoms with Gasteiger partial charge in [-0.15, -0.1) is 0 Å². The summed E-state index contributed by atoms with van der Waals surface area (Å²) in [5.74, 6) is -0.708. The van der Waals surface area contributed by atoms with Gasteiger partial charge in [0.2, 0.25) is 11.8 Å². The van der Waals surface area contributed by atoms with Crippen molar-refractivity contribution in [2.45, 2.75) is 69.6 Å². The van der Waals surface area contributed by atoms with Crippen molar-refractivity contribution >= 4 is 17.7 Å². The molecule has 4 aliphatic rings. The lowest BCUT2D eigenvalue weighted by Gasteiger charge is -2.50. The van der Waals surface area contributed by atoms with Crippen LogP contribution in [0.3, 0.4) is 0 Å². The molecule has 7 heteroatoms. The van der Waals surface area contributed by atoms with Gasteiger partial charge in [-0.25, -0.2) is 0 Å². The molecular formula is C23H30N4O3. The fourth-order valence-corrected chi connectivity index (χ4v) is 5.78. The van der Waals surface area contributed by atoms with Crippen LogP contribution >= 0.6 is 0 Å². The van der Waals surface area contributed by atoms with Gasteiger partial charge in [-0.3, -0.25) is 24.6 Å². The lowest BCUT2D eigenvalue weighted by Crippen LogP contribution is -2.59. The Morgan fingerprint density at radius 3 is 2.77 bits per heavy atom. The first-order valence-corrected chi connectivity index (χ1v) is 11.3. The third-order valence-electron chi connectivity index (χ3n) is 7.40. The number of likely N-dealkylation sites (tertiary alicyclic amines) is 1. The van der Waals surface area contributed by atoms with Crippen LogP contribution in [0.1, 0.15) is 66.4 Å². The predicted octanol–water partition coefficient (Wildman–Crippen LogP) is 1.56. The smallest absolute Gasteiger partial charge is 0.255 e. The SMILES string of the molecule is O=C1CCC(N2Cc3cc(CN4CCCCC45CCCNC5)ccc3C2=O)C(=O)N1. The summed E-state index contributed by atoms with van der Waals surface area (Å²) in [5.41, 5.74) is 3.19. The topological polar surface area (TPSA) is 81.8 Å². The van der Waals surface area contributed by atoms with Gasteiger partial charge >= 0.3 is 0 Å². The molecule has 2 N–H and O–H groups in total. The first kappa shape index (κ1) is 19.7. The van der Waals surface area contributed by atoms with Crippen LogP contribution in [0.2, 0.25) is 0 Å². The summed E-state index contributed by atoms with van der Waals surface area (Å²) in [4.78, 5) is 40.9. The highest BCUT2D eigenvalue weighted by Gasteiger charge is 2.41. The zero-order valence-corrected chi connectivity index (χ0v) is 17.4. The quantitative estimate of drug-likeness (QED) is 0.739. The predicted molar refractivity (Wildman–Crippen MR) is 112 cm³/mol. The Kier molecular flexibility index (Phi) is 5.11. The lowest BCUT2D eigenvalue weighted by atomic mass is 9.80. The molecule has 4 aliphatic heterocycles. The summed E-state index contributed by atoms with van der Waals surface area (Å²) in [6, 6.07) is 5.60. The average Bonchev–Trinajstić information content (AvgIpc) is 3.06. The third kappa shape index (κ3) is 3.44. The van der Waals surface area contributed by atoms with E-state index in [0.29, 0.717) is 18.5 Å². The maximum absolute atomic E-state index is 12.9. The first-order valence-electron chi connectivity index (χ1n) is 11.3. The Bertz CT molecular complexity index is 869. The molecule has 7 nitrogen and oxygen atoms in total. The fraction of sp³-hybridized carbons (Fsp3) is 0.609. The molecule has 0 aromatic heterocycles. The van der Waals surface area contributed by atoms with Crippen LogP contribution in [0.4, 0.5) is 0 Å². The van der Waals surface area contributed by atoms with E-state index in [1.165, 1.54) is 37.7 Å². The van der Waals surface area contributed by atoms with Crippen LogP contribution in [-0.2, 0) is 22.7 Å². The van der Waals surface area contributed by atoms with E-state index in [-0.39, 0.29) is 29.7 Å². The Labute approximate surface area is 177 Å². The fourth-order valence-electron chi connectivity index (χ4n) is 5.78. The highest BCUT2D eigenvalue weighted by atomic mass is 16.2. The van der Waals surface area contributed by atoms with Crippen LogP contribution in [0.25, 0.3) is 0 Å². The highest BCUT2D eigenvalue weighted by molar-refractivity contribution is 6.05. The number of amides is 3. The number of benzene rings is 1. The van der Waals surface area contributed by atoms with Gasteiger partial charge in [0.05, 0.1) is 0 Å². The van der Waals surface area contributed by atoms with Gasteiger partial charge in [0.15, 0.2) is 0 Å². The van der Waals surface area contributed by atoms with Crippen molar-refractivity contribution in [3.05, 3.63) is 34.9 Å². The highest BCUT2D eigenvalue weighted by Crippen LogP contribution is 2.35. The van der Waals surface area contributed by atoms with E-state index in [4.69, 9.17) is 0 Å². The van der Waals surface area contributed by atoms with Gasteiger partial charge in [-0.2, -0.15) is 0 Å². The minimum atomic E-state index is -0.551. The van der Waals surface area contributed by atoms with E-state index < -0.39 is 6.04 Å². The van der Waals surface area contributed by atoms with Crippen molar-refractivity contribution in [3.8, 4) is 0 Å². The molecule has 3 amide bonds. The number of rotatable bonds is 3. The Morgan fingerprint density at radius 1 is 1.10 bits per heavy atom. The summed E-state index contributed by atoms with van der Waals surface area (Å²) in [6.45, 7) is 4.66. The van der Waals surface area contributed by atoms with E-state index in [0.717, 1.165) is 31.7 Å². The van der Waals surface area contributed by atoms with Crippen molar-refractivity contribution in [3.63, 3.8) is 0 Å². The van der Waals surface area contributed by atoms with E-state index >= 15 is 0 Å². The van der Waals surface area contributed by atoms with E-state index in [9.17, 15) is 14.4 Å². The summed E-state index contributed by atoms with van der Waals surface area (Å²) in [5, 5.41) is 5.97. The minimum absolute atomic E-state index is 0.100. The molecule has 1 spiro atoms. The number of carbonyl (C=O) groups is 3. The van der Waals surface area contributed by atoms with Gasteiger partial charge < -0.3 is 10.2 Å². The lowest BCUT2D eigenvalue weighted by molar-refractivity contribution is -0.136. The second-order valence-electron chi connectivity index (χ2n) is 9.27. The molecule has 5 rings (SSSR count). The van der Waals surface area contributed by atoms with Crippen LogP contribution in [0, 0.1) is 0 Å². The molecule has 3 fully saturated rings. The molecule has 0 bridgehead atoms. The number of carbonyl (C=O) groups excluding carboxylic acids is 3. The molecule has 4 heterocycles. The minimum Gasteiger partial charge on any atom is -0.322 e. The number of nitrogens with zero attached hydrogens (tertiary/aromatic N) is 2. The van der Waals surface area contributed by atoms with Crippen molar-refractivity contribution < 1.29 is 14.4 Å². The summed E-state index contributed by atoms with van der Waals surface area (Å²) in [7, 11) is 0. The monoisotopic (exact) mass is 410 g/mol. The number of hydrogen-bond acceptors (Lipinski definition) is 5. The summed E-state index contributed by atoms with van der Waals surface area (Å²) < 4.78 is 0. The van der Waals surface area contributed by atoms with Crippen molar-refractivity contribution in [2.24, 2.45) is 0 Å². The number of imide groups is 1. The van der Waals surface area contributed by atoms with Crippen molar-refractivity contribution in [2.75, 3.05) is 19.6 Å². The molecule has 2 unspecified atom stereocenters. The molecule has 1 aromatic rings. The van der Waals surface area contributed by atoms with Gasteiger partial charge in [0.25, 0.3) is 5.91 Å².